The Hall–Kier alpha value is -1.10. The molecule has 3 amide bonds. The number of hydrogen-bond donors (Lipinski definition) is 1. The third-order valence-corrected chi connectivity index (χ3v) is 4.08. The van der Waals surface area contributed by atoms with Crippen LogP contribution in [0.15, 0.2) is 0 Å². The van der Waals surface area contributed by atoms with Gasteiger partial charge in [-0.3, -0.25) is 10.1 Å². The molecule has 0 spiro atoms. The summed E-state index contributed by atoms with van der Waals surface area (Å²) in [5.74, 6) is -0.161. The third kappa shape index (κ3) is 2.16. The Morgan fingerprint density at radius 2 is 1.88 bits per heavy atom. The highest BCUT2D eigenvalue weighted by Crippen LogP contribution is 2.24. The lowest BCUT2D eigenvalue weighted by atomic mass is 9.97. The standard InChI is InChI=1S/C12H21N3O2/c1-3-12(2)10(16)13-11(17)15(12)9-8-14-6-4-5-7-14/h3-9H2,1-2H3,(H,13,16,17). The van der Waals surface area contributed by atoms with E-state index in [0.717, 1.165) is 19.6 Å². The molecule has 1 N–H and O–H groups in total. The van der Waals surface area contributed by atoms with Gasteiger partial charge in [-0.05, 0) is 39.3 Å². The van der Waals surface area contributed by atoms with Gasteiger partial charge < -0.3 is 9.80 Å². The van der Waals surface area contributed by atoms with Crippen LogP contribution in [0, 0.1) is 0 Å². The number of hydrogen-bond acceptors (Lipinski definition) is 3. The highest BCUT2D eigenvalue weighted by Gasteiger charge is 2.47. The maximum Gasteiger partial charge on any atom is 0.325 e. The van der Waals surface area contributed by atoms with Crippen molar-refractivity contribution in [2.45, 2.75) is 38.6 Å². The van der Waals surface area contributed by atoms with Gasteiger partial charge in [-0.25, -0.2) is 4.79 Å². The number of nitrogens with one attached hydrogen (secondary N) is 1. The summed E-state index contributed by atoms with van der Waals surface area (Å²) in [4.78, 5) is 27.5. The number of carbonyl (C=O) groups is 2. The molecule has 5 heteroatoms. The predicted octanol–water partition coefficient (Wildman–Crippen LogP) is 0.803. The number of carbonyl (C=O) groups excluding carboxylic acids is 2. The van der Waals surface area contributed by atoms with Crippen LogP contribution < -0.4 is 5.32 Å². The van der Waals surface area contributed by atoms with Crippen molar-refractivity contribution in [2.24, 2.45) is 0 Å². The molecule has 0 saturated carbocycles. The minimum Gasteiger partial charge on any atom is -0.309 e. The molecule has 1 atom stereocenters. The van der Waals surface area contributed by atoms with Crippen molar-refractivity contribution in [1.82, 2.24) is 15.1 Å². The lowest BCUT2D eigenvalue weighted by Gasteiger charge is -2.32. The Morgan fingerprint density at radius 3 is 2.47 bits per heavy atom. The minimum atomic E-state index is -0.656. The Bertz CT molecular complexity index is 326. The van der Waals surface area contributed by atoms with Crippen LogP contribution in [0.2, 0.25) is 0 Å². The van der Waals surface area contributed by atoms with Gasteiger partial charge in [0.25, 0.3) is 5.91 Å². The number of imide groups is 1. The average Bonchev–Trinajstić information content (AvgIpc) is 2.87. The molecule has 0 radical (unpaired) electrons. The summed E-state index contributed by atoms with van der Waals surface area (Å²) in [6.07, 6.45) is 3.15. The molecule has 2 fully saturated rings. The molecular formula is C12H21N3O2. The smallest absolute Gasteiger partial charge is 0.309 e. The van der Waals surface area contributed by atoms with Crippen LogP contribution in [0.3, 0.4) is 0 Å². The molecule has 0 aromatic carbocycles. The second-order valence-electron chi connectivity index (χ2n) is 5.09. The first-order valence-corrected chi connectivity index (χ1v) is 6.43. The van der Waals surface area contributed by atoms with Crippen LogP contribution in [0.5, 0.6) is 0 Å². The fourth-order valence-corrected chi connectivity index (χ4v) is 2.59. The van der Waals surface area contributed by atoms with Crippen LogP contribution in [0.1, 0.15) is 33.1 Å². The molecule has 0 aromatic rings. The van der Waals surface area contributed by atoms with Gasteiger partial charge in [0.05, 0.1) is 0 Å². The van der Waals surface area contributed by atoms with Crippen molar-refractivity contribution in [1.29, 1.82) is 0 Å². The number of rotatable bonds is 4. The third-order valence-electron chi connectivity index (χ3n) is 4.08. The fourth-order valence-electron chi connectivity index (χ4n) is 2.59. The summed E-state index contributed by atoms with van der Waals surface area (Å²) >= 11 is 0. The van der Waals surface area contributed by atoms with Crippen molar-refractivity contribution >= 4 is 11.9 Å². The van der Waals surface area contributed by atoms with E-state index >= 15 is 0 Å². The highest BCUT2D eigenvalue weighted by atomic mass is 16.2. The Morgan fingerprint density at radius 1 is 1.24 bits per heavy atom. The summed E-state index contributed by atoms with van der Waals surface area (Å²) in [6, 6.07) is -0.237. The van der Waals surface area contributed by atoms with Crippen LogP contribution >= 0.6 is 0 Å². The summed E-state index contributed by atoms with van der Waals surface area (Å²) in [5.41, 5.74) is -0.656. The quantitative estimate of drug-likeness (QED) is 0.738. The molecule has 1 unspecified atom stereocenters. The van der Waals surface area contributed by atoms with E-state index < -0.39 is 5.54 Å². The van der Waals surface area contributed by atoms with Crippen LogP contribution in [-0.4, -0.2) is 53.5 Å². The summed E-state index contributed by atoms with van der Waals surface area (Å²) in [7, 11) is 0. The van der Waals surface area contributed by atoms with Crippen molar-refractivity contribution in [2.75, 3.05) is 26.2 Å². The van der Waals surface area contributed by atoms with E-state index in [-0.39, 0.29) is 11.9 Å². The zero-order valence-electron chi connectivity index (χ0n) is 10.7. The van der Waals surface area contributed by atoms with Crippen molar-refractivity contribution in [3.63, 3.8) is 0 Å². The normalized spacial score (nSPS) is 30.1. The van der Waals surface area contributed by atoms with Gasteiger partial charge in [0.1, 0.15) is 5.54 Å². The van der Waals surface area contributed by atoms with E-state index in [1.165, 1.54) is 12.8 Å². The first-order valence-electron chi connectivity index (χ1n) is 6.43. The zero-order chi connectivity index (χ0) is 12.5. The molecule has 0 aromatic heterocycles. The molecule has 2 saturated heterocycles. The maximum atomic E-state index is 11.8. The number of likely N-dealkylation sites (tertiary alicyclic amines) is 1. The van der Waals surface area contributed by atoms with Crippen LogP contribution in [0.25, 0.3) is 0 Å². The number of amides is 3. The Balaban J connectivity index is 1.97. The predicted molar refractivity (Wildman–Crippen MR) is 64.6 cm³/mol. The maximum absolute atomic E-state index is 11.8. The Kier molecular flexibility index (Phi) is 3.38. The fraction of sp³-hybridized carbons (Fsp3) is 0.833. The van der Waals surface area contributed by atoms with E-state index in [9.17, 15) is 9.59 Å². The highest BCUT2D eigenvalue weighted by molar-refractivity contribution is 6.06. The molecular weight excluding hydrogens is 218 g/mol. The topological polar surface area (TPSA) is 52.7 Å². The SMILES string of the molecule is CCC1(C)C(=O)NC(=O)N1CCN1CCCC1. The van der Waals surface area contributed by atoms with Gasteiger partial charge in [-0.1, -0.05) is 6.92 Å². The van der Waals surface area contributed by atoms with Crippen molar-refractivity contribution in [3.05, 3.63) is 0 Å². The molecule has 2 aliphatic rings. The largest absolute Gasteiger partial charge is 0.325 e. The van der Waals surface area contributed by atoms with Crippen LogP contribution in [-0.2, 0) is 4.79 Å². The lowest BCUT2D eigenvalue weighted by Crippen LogP contribution is -2.49. The molecule has 0 bridgehead atoms. The van der Waals surface area contributed by atoms with E-state index in [4.69, 9.17) is 0 Å². The van der Waals surface area contributed by atoms with Crippen LogP contribution in [0.4, 0.5) is 4.79 Å². The zero-order valence-corrected chi connectivity index (χ0v) is 10.7. The second kappa shape index (κ2) is 4.64. The van der Waals surface area contributed by atoms with Gasteiger partial charge in [0, 0.05) is 13.1 Å². The van der Waals surface area contributed by atoms with E-state index in [0.29, 0.717) is 13.0 Å². The summed E-state index contributed by atoms with van der Waals surface area (Å²) < 4.78 is 0. The van der Waals surface area contributed by atoms with Gasteiger partial charge in [-0.2, -0.15) is 0 Å². The molecule has 5 nitrogen and oxygen atoms in total. The molecule has 17 heavy (non-hydrogen) atoms. The monoisotopic (exact) mass is 239 g/mol. The summed E-state index contributed by atoms with van der Waals surface area (Å²) in [5, 5.41) is 2.41. The minimum absolute atomic E-state index is 0.161. The molecule has 2 rings (SSSR count). The molecule has 2 heterocycles. The average molecular weight is 239 g/mol. The first kappa shape index (κ1) is 12.4. The Labute approximate surface area is 102 Å². The molecule has 0 aliphatic carbocycles. The molecule has 2 aliphatic heterocycles. The van der Waals surface area contributed by atoms with E-state index in [2.05, 4.69) is 10.2 Å². The first-order chi connectivity index (χ1) is 8.08. The van der Waals surface area contributed by atoms with Gasteiger partial charge in [0.15, 0.2) is 0 Å². The lowest BCUT2D eigenvalue weighted by molar-refractivity contribution is -0.126. The van der Waals surface area contributed by atoms with Gasteiger partial charge in [0.2, 0.25) is 0 Å². The summed E-state index contributed by atoms with van der Waals surface area (Å²) in [6.45, 7) is 7.54. The number of urea groups is 1. The number of nitrogens with zero attached hydrogens (tertiary/aromatic N) is 2. The van der Waals surface area contributed by atoms with Gasteiger partial charge in [-0.15, -0.1) is 0 Å². The van der Waals surface area contributed by atoms with Gasteiger partial charge >= 0.3 is 6.03 Å². The molecule has 96 valence electrons. The van der Waals surface area contributed by atoms with Crippen molar-refractivity contribution < 1.29 is 9.59 Å². The van der Waals surface area contributed by atoms with Crippen molar-refractivity contribution in [3.8, 4) is 0 Å². The van der Waals surface area contributed by atoms with E-state index in [1.807, 2.05) is 13.8 Å². The van der Waals surface area contributed by atoms with E-state index in [1.54, 1.807) is 4.90 Å². The second-order valence-corrected chi connectivity index (χ2v) is 5.09.